The summed E-state index contributed by atoms with van der Waals surface area (Å²) in [4.78, 5) is 48.0. The van der Waals surface area contributed by atoms with Crippen LogP contribution in [-0.2, 0) is 9.53 Å². The molecule has 5 aromatic rings. The van der Waals surface area contributed by atoms with Crippen LogP contribution < -0.4 is 10.1 Å². The lowest BCUT2D eigenvalue weighted by Crippen LogP contribution is -2.64. The molecule has 1 N–H and O–H groups in total. The number of carbonyl (C=O) groups is 3. The molecule has 1 aliphatic heterocycles. The SMILES string of the molecule is C=C1CCC1(NC(=O)C1CC(Oc2nc3ccccc3c3ccccc23)CN1C(=O)OC(C)(C)C)C(=O)n1ncc2c(Cl)cccc21. The van der Waals surface area contributed by atoms with Crippen molar-refractivity contribution in [3.63, 3.8) is 0 Å². The zero-order valence-corrected chi connectivity index (χ0v) is 27.1. The van der Waals surface area contributed by atoms with Crippen molar-refractivity contribution in [2.75, 3.05) is 6.54 Å². The average molecular weight is 652 g/mol. The summed E-state index contributed by atoms with van der Waals surface area (Å²) in [5, 5.41) is 11.2. The Labute approximate surface area is 276 Å². The van der Waals surface area contributed by atoms with Gasteiger partial charge in [0.2, 0.25) is 11.8 Å². The zero-order chi connectivity index (χ0) is 33.1. The number of halogens is 1. The van der Waals surface area contributed by atoms with Gasteiger partial charge in [-0.25, -0.2) is 9.78 Å². The first-order valence-corrected chi connectivity index (χ1v) is 15.9. The fraction of sp³-hybridized carbons (Fsp3) is 0.306. The van der Waals surface area contributed by atoms with Gasteiger partial charge < -0.3 is 14.8 Å². The number of nitrogens with one attached hydrogen (secondary N) is 1. The average Bonchev–Trinajstić information content (AvgIpc) is 3.67. The maximum Gasteiger partial charge on any atom is 0.411 e. The fourth-order valence-electron chi connectivity index (χ4n) is 6.44. The number of para-hydroxylation sites is 1. The van der Waals surface area contributed by atoms with Crippen LogP contribution in [0.1, 0.15) is 44.8 Å². The van der Waals surface area contributed by atoms with Crippen molar-refractivity contribution in [2.24, 2.45) is 0 Å². The summed E-state index contributed by atoms with van der Waals surface area (Å²) >= 11 is 6.34. The van der Waals surface area contributed by atoms with E-state index in [2.05, 4.69) is 17.0 Å². The van der Waals surface area contributed by atoms with Gasteiger partial charge in [0.1, 0.15) is 23.3 Å². The number of amides is 2. The summed E-state index contributed by atoms with van der Waals surface area (Å²) in [6.45, 7) is 9.49. The van der Waals surface area contributed by atoms with Crippen LogP contribution in [0.3, 0.4) is 0 Å². The lowest BCUT2D eigenvalue weighted by atomic mass is 9.71. The molecule has 0 radical (unpaired) electrons. The first-order valence-electron chi connectivity index (χ1n) is 15.6. The van der Waals surface area contributed by atoms with E-state index in [-0.39, 0.29) is 13.0 Å². The van der Waals surface area contributed by atoms with Crippen LogP contribution in [0, 0.1) is 0 Å². The van der Waals surface area contributed by atoms with Crippen LogP contribution in [-0.4, -0.2) is 67.4 Å². The molecule has 240 valence electrons. The molecule has 11 heteroatoms. The van der Waals surface area contributed by atoms with E-state index in [1.165, 1.54) is 15.8 Å². The molecule has 2 aliphatic rings. The molecule has 3 heterocycles. The number of pyridine rings is 1. The normalized spacial score (nSPS) is 21.2. The van der Waals surface area contributed by atoms with Crippen molar-refractivity contribution in [1.29, 1.82) is 0 Å². The second kappa shape index (κ2) is 11.4. The van der Waals surface area contributed by atoms with Crippen molar-refractivity contribution in [2.45, 2.75) is 63.3 Å². The second-order valence-electron chi connectivity index (χ2n) is 13.1. The lowest BCUT2D eigenvalue weighted by Gasteiger charge is -2.43. The van der Waals surface area contributed by atoms with Crippen LogP contribution in [0.15, 0.2) is 85.1 Å². The van der Waals surface area contributed by atoms with Gasteiger partial charge in [0.15, 0.2) is 0 Å². The van der Waals surface area contributed by atoms with Crippen LogP contribution in [0.25, 0.3) is 32.6 Å². The third-order valence-electron chi connectivity index (χ3n) is 8.91. The smallest absolute Gasteiger partial charge is 0.411 e. The van der Waals surface area contributed by atoms with E-state index in [9.17, 15) is 14.4 Å². The van der Waals surface area contributed by atoms with E-state index in [0.29, 0.717) is 40.2 Å². The highest BCUT2D eigenvalue weighted by Gasteiger charge is 2.53. The van der Waals surface area contributed by atoms with Gasteiger partial charge in [-0.1, -0.05) is 60.6 Å². The van der Waals surface area contributed by atoms with E-state index < -0.39 is 41.2 Å². The number of ether oxygens (including phenoxy) is 2. The number of hydrogen-bond donors (Lipinski definition) is 1. The molecule has 0 bridgehead atoms. The van der Waals surface area contributed by atoms with Gasteiger partial charge in [-0.15, -0.1) is 0 Å². The first-order chi connectivity index (χ1) is 22.4. The molecule has 2 aromatic heterocycles. The first kappa shape index (κ1) is 30.7. The minimum atomic E-state index is -1.40. The topological polar surface area (TPSA) is 116 Å². The highest BCUT2D eigenvalue weighted by molar-refractivity contribution is 6.35. The van der Waals surface area contributed by atoms with E-state index >= 15 is 0 Å². The van der Waals surface area contributed by atoms with Gasteiger partial charge >= 0.3 is 6.09 Å². The summed E-state index contributed by atoms with van der Waals surface area (Å²) in [5.41, 5.74) is -0.338. The molecule has 47 heavy (non-hydrogen) atoms. The Morgan fingerprint density at radius 3 is 2.40 bits per heavy atom. The summed E-state index contributed by atoms with van der Waals surface area (Å²) in [7, 11) is 0. The summed E-state index contributed by atoms with van der Waals surface area (Å²) in [6.07, 6.45) is 1.35. The van der Waals surface area contributed by atoms with E-state index in [1.54, 1.807) is 39.0 Å². The largest absolute Gasteiger partial charge is 0.472 e. The van der Waals surface area contributed by atoms with Crippen LogP contribution in [0.4, 0.5) is 4.79 Å². The Hall–Kier alpha value is -4.96. The van der Waals surface area contributed by atoms with Crippen molar-refractivity contribution < 1.29 is 23.9 Å². The Kier molecular flexibility index (Phi) is 7.43. The van der Waals surface area contributed by atoms with Crippen molar-refractivity contribution in [3.8, 4) is 5.88 Å². The number of benzene rings is 3. The maximum atomic E-state index is 14.2. The van der Waals surface area contributed by atoms with Gasteiger partial charge in [-0.2, -0.15) is 9.78 Å². The van der Waals surface area contributed by atoms with Gasteiger partial charge in [-0.3, -0.25) is 14.5 Å². The van der Waals surface area contributed by atoms with Crippen molar-refractivity contribution in [1.82, 2.24) is 25.0 Å². The Morgan fingerprint density at radius 2 is 1.70 bits per heavy atom. The Morgan fingerprint density at radius 1 is 0.979 bits per heavy atom. The predicted octanol–water partition coefficient (Wildman–Crippen LogP) is 6.69. The molecule has 3 aromatic carbocycles. The molecule has 3 atom stereocenters. The van der Waals surface area contributed by atoms with Crippen LogP contribution in [0.5, 0.6) is 5.88 Å². The van der Waals surface area contributed by atoms with Gasteiger partial charge in [0, 0.05) is 22.6 Å². The van der Waals surface area contributed by atoms with E-state index in [4.69, 9.17) is 26.1 Å². The van der Waals surface area contributed by atoms with E-state index in [0.717, 1.165) is 21.7 Å². The zero-order valence-electron chi connectivity index (χ0n) is 26.3. The predicted molar refractivity (Wildman–Crippen MR) is 180 cm³/mol. The molecule has 7 rings (SSSR count). The monoisotopic (exact) mass is 651 g/mol. The summed E-state index contributed by atoms with van der Waals surface area (Å²) < 4.78 is 13.5. The molecule has 1 aliphatic carbocycles. The third kappa shape index (κ3) is 5.36. The quantitative estimate of drug-likeness (QED) is 0.166. The molecular weight excluding hydrogens is 618 g/mol. The molecule has 1 saturated carbocycles. The number of aromatic nitrogens is 3. The molecule has 1 saturated heterocycles. The summed E-state index contributed by atoms with van der Waals surface area (Å²) in [5.74, 6) is -0.541. The van der Waals surface area contributed by atoms with Gasteiger partial charge in [0.25, 0.3) is 5.91 Å². The Bertz CT molecular complexity index is 2100. The molecule has 3 unspecified atom stereocenters. The Balaban J connectivity index is 1.20. The van der Waals surface area contributed by atoms with Crippen LogP contribution >= 0.6 is 11.6 Å². The molecule has 2 amide bonds. The highest BCUT2D eigenvalue weighted by atomic mass is 35.5. The molecule has 0 spiro atoms. The standard InChI is InChI=1S/C36H34ClN5O5/c1-21-16-17-36(21,33(44)42-29-15-9-13-27(37)26(29)19-38-42)40-31(43)30-18-22(20-41(30)34(45)47-35(2,3)4)46-32-25-12-6-5-10-23(25)24-11-7-8-14-28(24)39-32/h5-15,19,22,30H,1,16-18,20H2,2-4H3,(H,40,43). The highest BCUT2D eigenvalue weighted by Crippen LogP contribution is 2.40. The number of rotatable bonds is 5. The number of nitrogens with zero attached hydrogens (tertiary/aromatic N) is 4. The number of hydrogen-bond acceptors (Lipinski definition) is 7. The van der Waals surface area contributed by atoms with Crippen LogP contribution in [0.2, 0.25) is 5.02 Å². The molecule has 10 nitrogen and oxygen atoms in total. The maximum absolute atomic E-state index is 14.2. The van der Waals surface area contributed by atoms with Gasteiger partial charge in [-0.05, 0) is 68.8 Å². The number of fused-ring (bicyclic) bond motifs is 4. The van der Waals surface area contributed by atoms with Crippen molar-refractivity contribution >= 4 is 62.1 Å². The third-order valence-corrected chi connectivity index (χ3v) is 9.23. The second-order valence-corrected chi connectivity index (χ2v) is 13.5. The number of carbonyl (C=O) groups excluding carboxylic acids is 3. The minimum absolute atomic E-state index is 0.0834. The molecule has 2 fully saturated rings. The molecular formula is C36H34ClN5O5. The lowest BCUT2D eigenvalue weighted by molar-refractivity contribution is -0.127. The van der Waals surface area contributed by atoms with Crippen molar-refractivity contribution in [3.05, 3.63) is 90.1 Å². The number of likely N-dealkylation sites (tertiary alicyclic amines) is 1. The summed E-state index contributed by atoms with van der Waals surface area (Å²) in [6, 6.07) is 19.9. The minimum Gasteiger partial charge on any atom is -0.472 e. The van der Waals surface area contributed by atoms with E-state index in [1.807, 2.05) is 48.5 Å². The van der Waals surface area contributed by atoms with Gasteiger partial charge in [0.05, 0.1) is 28.8 Å². The fourth-order valence-corrected chi connectivity index (χ4v) is 6.66.